The van der Waals surface area contributed by atoms with Crippen LogP contribution in [0.4, 0.5) is 0 Å². The highest BCUT2D eigenvalue weighted by molar-refractivity contribution is 6.03. The van der Waals surface area contributed by atoms with E-state index in [0.717, 1.165) is 36.9 Å². The summed E-state index contributed by atoms with van der Waals surface area (Å²) in [4.78, 5) is 7.20. The van der Waals surface area contributed by atoms with E-state index in [1.165, 1.54) is 36.0 Å². The minimum Gasteiger partial charge on any atom is -0.304 e. The van der Waals surface area contributed by atoms with Gasteiger partial charge in [-0.15, -0.1) is 0 Å². The van der Waals surface area contributed by atoms with Gasteiger partial charge >= 0.3 is 0 Å². The summed E-state index contributed by atoms with van der Waals surface area (Å²) in [6.45, 7) is 7.88. The molecule has 4 rings (SSSR count). The summed E-state index contributed by atoms with van der Waals surface area (Å²) >= 11 is 0. The fourth-order valence-corrected chi connectivity index (χ4v) is 4.23. The number of rotatable bonds is 2. The smallest absolute Gasteiger partial charge is 0.0930 e. The molecular weight excluding hydrogens is 296 g/mol. The second-order valence-corrected chi connectivity index (χ2v) is 8.03. The van der Waals surface area contributed by atoms with Gasteiger partial charge in [-0.3, -0.25) is 9.67 Å². The number of likely N-dealkylation sites (tertiary alicyclic amines) is 1. The average Bonchev–Trinajstić information content (AvgIpc) is 2.98. The van der Waals surface area contributed by atoms with Gasteiger partial charge in [0.25, 0.3) is 0 Å². The molecule has 24 heavy (non-hydrogen) atoms. The lowest BCUT2D eigenvalue weighted by Crippen LogP contribution is -2.38. The number of benzene rings is 1. The van der Waals surface area contributed by atoms with E-state index in [-0.39, 0.29) is 0 Å². The lowest BCUT2D eigenvalue weighted by Gasteiger charge is -2.34. The summed E-state index contributed by atoms with van der Waals surface area (Å²) in [6, 6.07) is 7.16. The number of hydrogen-bond donors (Lipinski definition) is 0. The molecule has 3 atom stereocenters. The van der Waals surface area contributed by atoms with Crippen LogP contribution >= 0.6 is 0 Å². The van der Waals surface area contributed by atoms with E-state index in [2.05, 4.69) is 54.9 Å². The predicted molar refractivity (Wildman–Crippen MR) is 99.9 cm³/mol. The van der Waals surface area contributed by atoms with Gasteiger partial charge in [-0.25, -0.2) is 0 Å². The quantitative estimate of drug-likeness (QED) is 0.842. The summed E-state index contributed by atoms with van der Waals surface area (Å²) in [5, 5.41) is 6.15. The van der Waals surface area contributed by atoms with Gasteiger partial charge < -0.3 is 4.90 Å². The van der Waals surface area contributed by atoms with Crippen molar-refractivity contribution in [1.82, 2.24) is 14.7 Å². The van der Waals surface area contributed by atoms with Crippen molar-refractivity contribution in [2.24, 2.45) is 16.8 Å². The molecule has 4 heteroatoms. The first-order valence-electron chi connectivity index (χ1n) is 9.29. The van der Waals surface area contributed by atoms with Crippen molar-refractivity contribution < 1.29 is 0 Å². The van der Waals surface area contributed by atoms with Gasteiger partial charge in [-0.2, -0.15) is 5.10 Å². The van der Waals surface area contributed by atoms with Gasteiger partial charge in [0, 0.05) is 36.9 Å². The molecule has 1 saturated heterocycles. The maximum Gasteiger partial charge on any atom is 0.0930 e. The van der Waals surface area contributed by atoms with Gasteiger partial charge in [0.05, 0.1) is 11.6 Å². The number of likely N-dealkylation sites (N-methyl/N-ethyl adjacent to an activating group) is 1. The maximum atomic E-state index is 4.91. The molecule has 3 heterocycles. The Morgan fingerprint density at radius 3 is 2.75 bits per heavy atom. The normalized spacial score (nSPS) is 29.0. The predicted octanol–water partition coefficient (Wildman–Crippen LogP) is 3.77. The van der Waals surface area contributed by atoms with Crippen LogP contribution in [0.5, 0.6) is 0 Å². The summed E-state index contributed by atoms with van der Waals surface area (Å²) in [5.74, 6) is 1.46. The minimum absolute atomic E-state index is 0.488. The van der Waals surface area contributed by atoms with E-state index in [1.54, 1.807) is 0 Å². The van der Waals surface area contributed by atoms with Gasteiger partial charge in [0.1, 0.15) is 0 Å². The van der Waals surface area contributed by atoms with Gasteiger partial charge in [0.2, 0.25) is 0 Å². The zero-order chi connectivity index (χ0) is 16.7. The van der Waals surface area contributed by atoms with Crippen molar-refractivity contribution >= 4 is 16.6 Å². The number of nitrogens with zero attached hydrogens (tertiary/aromatic N) is 4. The highest BCUT2D eigenvalue weighted by Crippen LogP contribution is 2.27. The molecule has 0 amide bonds. The van der Waals surface area contributed by atoms with Crippen LogP contribution in [0.2, 0.25) is 0 Å². The highest BCUT2D eigenvalue weighted by Gasteiger charge is 2.24. The molecule has 4 nitrogen and oxygen atoms in total. The van der Waals surface area contributed by atoms with Crippen LogP contribution in [-0.2, 0) is 0 Å². The Bertz CT molecular complexity index is 750. The molecule has 0 bridgehead atoms. The monoisotopic (exact) mass is 324 g/mol. The van der Waals surface area contributed by atoms with Gasteiger partial charge in [-0.05, 0) is 49.8 Å². The number of aliphatic imine (C=N–C) groups is 1. The van der Waals surface area contributed by atoms with Gasteiger partial charge in [-0.1, -0.05) is 26.0 Å². The van der Waals surface area contributed by atoms with Crippen molar-refractivity contribution in [3.05, 3.63) is 30.0 Å². The van der Waals surface area contributed by atoms with Crippen LogP contribution in [0.25, 0.3) is 10.9 Å². The summed E-state index contributed by atoms with van der Waals surface area (Å²) in [7, 11) is 2.21. The van der Waals surface area contributed by atoms with Crippen molar-refractivity contribution in [3.63, 3.8) is 0 Å². The molecule has 1 aromatic carbocycles. The minimum atomic E-state index is 0.488. The molecule has 0 saturated carbocycles. The summed E-state index contributed by atoms with van der Waals surface area (Å²) in [5.41, 5.74) is 3.62. The second-order valence-electron chi connectivity index (χ2n) is 8.03. The van der Waals surface area contributed by atoms with Crippen molar-refractivity contribution in [2.75, 3.05) is 26.7 Å². The van der Waals surface area contributed by atoms with E-state index >= 15 is 0 Å². The number of hydrogen-bond acceptors (Lipinski definition) is 3. The van der Waals surface area contributed by atoms with Crippen LogP contribution < -0.4 is 0 Å². The fraction of sp³-hybridized carbons (Fsp3) is 0.600. The van der Waals surface area contributed by atoms with Crippen molar-refractivity contribution in [3.8, 4) is 0 Å². The van der Waals surface area contributed by atoms with E-state index < -0.39 is 0 Å². The van der Waals surface area contributed by atoms with E-state index in [0.29, 0.717) is 6.04 Å². The molecule has 2 aromatic rings. The third-order valence-corrected chi connectivity index (χ3v) is 5.52. The molecule has 1 aromatic heterocycles. The highest BCUT2D eigenvalue weighted by atomic mass is 15.3. The summed E-state index contributed by atoms with van der Waals surface area (Å²) < 4.78 is 2.20. The average molecular weight is 324 g/mol. The third kappa shape index (κ3) is 3.12. The molecular formula is C20H28N4. The Hall–Kier alpha value is -1.68. The molecule has 0 aliphatic carbocycles. The van der Waals surface area contributed by atoms with Crippen LogP contribution in [0.3, 0.4) is 0 Å². The van der Waals surface area contributed by atoms with Crippen molar-refractivity contribution in [1.29, 1.82) is 0 Å². The second kappa shape index (κ2) is 6.32. The first-order chi connectivity index (χ1) is 11.6. The summed E-state index contributed by atoms with van der Waals surface area (Å²) in [6.07, 6.45) is 5.78. The molecule has 128 valence electrons. The lowest BCUT2D eigenvalue weighted by molar-refractivity contribution is 0.157. The zero-order valence-corrected chi connectivity index (χ0v) is 15.1. The van der Waals surface area contributed by atoms with Crippen LogP contribution in [0.1, 0.15) is 44.7 Å². The SMILES string of the molecule is C[C@@H]1C[C@@H](n2cc3ccc(C4=NC[C@@H](C)CC4)cc3n2)CN(C)C1. The molecule has 0 radical (unpaired) electrons. The number of fused-ring (bicyclic) bond motifs is 1. The molecule has 0 spiro atoms. The van der Waals surface area contributed by atoms with Gasteiger partial charge in [0.15, 0.2) is 0 Å². The number of piperidine rings is 1. The Labute approximate surface area is 144 Å². The first kappa shape index (κ1) is 15.8. The van der Waals surface area contributed by atoms with E-state index in [1.807, 2.05) is 0 Å². The molecule has 2 aliphatic heterocycles. The fourth-order valence-electron chi connectivity index (χ4n) is 4.23. The Morgan fingerprint density at radius 1 is 1.12 bits per heavy atom. The molecule has 2 aliphatic rings. The Balaban J connectivity index is 1.62. The van der Waals surface area contributed by atoms with Crippen LogP contribution in [0, 0.1) is 11.8 Å². The maximum absolute atomic E-state index is 4.91. The molecule has 1 fully saturated rings. The van der Waals surface area contributed by atoms with Crippen molar-refractivity contribution in [2.45, 2.75) is 39.2 Å². The largest absolute Gasteiger partial charge is 0.304 e. The number of aromatic nitrogens is 2. The van der Waals surface area contributed by atoms with E-state index in [4.69, 9.17) is 10.1 Å². The standard InChI is InChI=1S/C20H28N4/c1-14-4-7-19(21-10-14)16-5-6-17-12-24(22-20(17)9-16)18-8-15(2)11-23(3)13-18/h5-6,9,12,14-15,18H,4,7-8,10-11,13H2,1-3H3/t14-,15+,18+/m0/s1. The zero-order valence-electron chi connectivity index (χ0n) is 15.1. The Kier molecular flexibility index (Phi) is 4.17. The van der Waals surface area contributed by atoms with E-state index in [9.17, 15) is 0 Å². The topological polar surface area (TPSA) is 33.4 Å². The van der Waals surface area contributed by atoms with Crippen LogP contribution in [0.15, 0.2) is 29.4 Å². The first-order valence-corrected chi connectivity index (χ1v) is 9.29. The molecule has 0 unspecified atom stereocenters. The molecule has 0 N–H and O–H groups in total. The lowest BCUT2D eigenvalue weighted by atomic mass is 9.95. The van der Waals surface area contributed by atoms with Crippen LogP contribution in [-0.4, -0.2) is 47.1 Å². The Morgan fingerprint density at radius 2 is 2.00 bits per heavy atom. The third-order valence-electron chi connectivity index (χ3n) is 5.52.